The van der Waals surface area contributed by atoms with Crippen molar-refractivity contribution in [3.63, 3.8) is 0 Å². The molecule has 22 heavy (non-hydrogen) atoms. The number of hydrogen-bond acceptors (Lipinski definition) is 3. The molecule has 1 aromatic rings. The number of halogens is 6. The maximum absolute atomic E-state index is 6.25. The van der Waals surface area contributed by atoms with Gasteiger partial charge in [0.15, 0.2) is 10.5 Å². The summed E-state index contributed by atoms with van der Waals surface area (Å²) >= 11 is 36.5. The zero-order valence-corrected chi connectivity index (χ0v) is 15.6. The second-order valence-electron chi connectivity index (χ2n) is 4.51. The van der Waals surface area contributed by atoms with Gasteiger partial charge >= 0.3 is 0 Å². The van der Waals surface area contributed by atoms with E-state index in [2.05, 4.69) is 9.98 Å². The first-order valence-electron chi connectivity index (χ1n) is 6.15. The second kappa shape index (κ2) is 7.33. The van der Waals surface area contributed by atoms with Gasteiger partial charge in [-0.1, -0.05) is 76.7 Å². The molecule has 9 heteroatoms. The van der Waals surface area contributed by atoms with Crippen LogP contribution < -0.4 is 0 Å². The lowest BCUT2D eigenvalue weighted by atomic mass is 10.2. The molecule has 0 radical (unpaired) electrons. The zero-order valence-electron chi connectivity index (χ0n) is 11.1. The van der Waals surface area contributed by atoms with Crippen LogP contribution in [-0.2, 0) is 0 Å². The summed E-state index contributed by atoms with van der Waals surface area (Å²) in [6, 6.07) is 9.44. The SMILES string of the molecule is ClCC(Cl)(Cl)C1=NC(c2ccccc2)N=CN1C(Cl)(Cl)CCl. The van der Waals surface area contributed by atoms with E-state index in [0.717, 1.165) is 5.56 Å². The Morgan fingerprint density at radius 2 is 1.64 bits per heavy atom. The summed E-state index contributed by atoms with van der Waals surface area (Å²) in [6.45, 7) is 0. The van der Waals surface area contributed by atoms with Crippen LogP contribution >= 0.6 is 69.6 Å². The quantitative estimate of drug-likeness (QED) is 0.473. The number of aliphatic imine (C=N–C) groups is 2. The fourth-order valence-electron chi connectivity index (χ4n) is 1.82. The molecule has 1 aliphatic heterocycles. The van der Waals surface area contributed by atoms with Gasteiger partial charge in [0.2, 0.25) is 4.46 Å². The molecule has 1 unspecified atom stereocenters. The lowest BCUT2D eigenvalue weighted by Crippen LogP contribution is -2.53. The van der Waals surface area contributed by atoms with Crippen molar-refractivity contribution in [2.24, 2.45) is 9.98 Å². The molecule has 0 aromatic heterocycles. The summed E-state index contributed by atoms with van der Waals surface area (Å²) < 4.78 is -2.98. The van der Waals surface area contributed by atoms with Gasteiger partial charge < -0.3 is 0 Å². The number of hydrogen-bond donors (Lipinski definition) is 0. The van der Waals surface area contributed by atoms with Crippen LogP contribution in [0.15, 0.2) is 40.3 Å². The zero-order chi connectivity index (χ0) is 16.4. The monoisotopic (exact) mass is 419 g/mol. The Balaban J connectivity index is 2.44. The number of nitrogens with zero attached hydrogens (tertiary/aromatic N) is 3. The summed E-state index contributed by atoms with van der Waals surface area (Å²) in [6.07, 6.45) is 0.918. The van der Waals surface area contributed by atoms with E-state index in [4.69, 9.17) is 69.6 Å². The molecule has 1 aliphatic rings. The molecule has 120 valence electrons. The summed E-state index contributed by atoms with van der Waals surface area (Å²) in [5.41, 5.74) is 0.871. The Hall–Kier alpha value is 0.1000. The molecule has 3 nitrogen and oxygen atoms in total. The van der Waals surface area contributed by atoms with Crippen molar-refractivity contribution < 1.29 is 0 Å². The number of amidine groups is 1. The van der Waals surface area contributed by atoms with Crippen molar-refractivity contribution >= 4 is 81.8 Å². The van der Waals surface area contributed by atoms with Crippen LogP contribution in [0, 0.1) is 0 Å². The molecule has 0 N–H and O–H groups in total. The molecule has 1 aromatic carbocycles. The summed E-state index contributed by atoms with van der Waals surface area (Å²) in [5, 5.41) is 0. The van der Waals surface area contributed by atoms with Gasteiger partial charge in [0, 0.05) is 0 Å². The third-order valence-electron chi connectivity index (χ3n) is 2.90. The fourth-order valence-corrected chi connectivity index (χ4v) is 2.59. The number of rotatable bonds is 5. The maximum Gasteiger partial charge on any atom is 0.209 e. The number of alkyl halides is 6. The third-order valence-corrected chi connectivity index (χ3v) is 5.47. The molecule has 0 bridgehead atoms. The average Bonchev–Trinajstić information content (AvgIpc) is 2.55. The minimum absolute atomic E-state index is 0.104. The Labute approximate surface area is 158 Å². The van der Waals surface area contributed by atoms with Gasteiger partial charge in [-0.05, 0) is 5.56 Å². The van der Waals surface area contributed by atoms with Crippen LogP contribution in [-0.4, -0.2) is 37.6 Å². The molecule has 2 rings (SSSR count). The normalized spacial score (nSPS) is 19.3. The van der Waals surface area contributed by atoms with Crippen molar-refractivity contribution in [3.05, 3.63) is 35.9 Å². The first kappa shape index (κ1) is 18.4. The highest BCUT2D eigenvalue weighted by molar-refractivity contribution is 6.62. The lowest BCUT2D eigenvalue weighted by Gasteiger charge is -2.38. The Kier molecular flexibility index (Phi) is 6.14. The van der Waals surface area contributed by atoms with Gasteiger partial charge in [0.25, 0.3) is 0 Å². The topological polar surface area (TPSA) is 28.0 Å². The van der Waals surface area contributed by atoms with Crippen LogP contribution in [0.4, 0.5) is 0 Å². The van der Waals surface area contributed by atoms with Crippen LogP contribution in [0.1, 0.15) is 11.7 Å². The van der Waals surface area contributed by atoms with E-state index in [0.29, 0.717) is 0 Å². The maximum atomic E-state index is 6.25. The van der Waals surface area contributed by atoms with Gasteiger partial charge in [-0.3, -0.25) is 4.90 Å². The fraction of sp³-hybridized carbons (Fsp3) is 0.385. The van der Waals surface area contributed by atoms with E-state index >= 15 is 0 Å². The molecule has 0 spiro atoms. The number of benzene rings is 1. The van der Waals surface area contributed by atoms with Crippen LogP contribution in [0.5, 0.6) is 0 Å². The highest BCUT2D eigenvalue weighted by Crippen LogP contribution is 2.37. The first-order chi connectivity index (χ1) is 10.3. The molecule has 0 amide bonds. The Morgan fingerprint density at radius 3 is 2.18 bits per heavy atom. The largest absolute Gasteiger partial charge is 0.284 e. The summed E-state index contributed by atoms with van der Waals surface area (Å²) in [7, 11) is 0. The van der Waals surface area contributed by atoms with Gasteiger partial charge in [0.05, 0.1) is 18.1 Å². The molecular formula is C13H11Cl6N3. The van der Waals surface area contributed by atoms with Crippen molar-refractivity contribution in [1.29, 1.82) is 0 Å². The summed E-state index contributed by atoms with van der Waals surface area (Å²) in [4.78, 5) is 10.1. The van der Waals surface area contributed by atoms with E-state index in [1.807, 2.05) is 30.3 Å². The van der Waals surface area contributed by atoms with Crippen molar-refractivity contribution in [2.75, 3.05) is 11.8 Å². The van der Waals surface area contributed by atoms with Gasteiger partial charge in [0.1, 0.15) is 5.84 Å². The van der Waals surface area contributed by atoms with E-state index in [1.165, 1.54) is 11.2 Å². The van der Waals surface area contributed by atoms with Crippen molar-refractivity contribution in [3.8, 4) is 0 Å². The lowest BCUT2D eigenvalue weighted by molar-refractivity contribution is 0.514. The van der Waals surface area contributed by atoms with E-state index in [9.17, 15) is 0 Å². The van der Waals surface area contributed by atoms with Crippen LogP contribution in [0.3, 0.4) is 0 Å². The highest BCUT2D eigenvalue weighted by Gasteiger charge is 2.44. The minimum atomic E-state index is -1.49. The standard InChI is InChI=1S/C13H11Cl6N3/c14-6-12(16,17)11-21-10(9-4-2-1-3-5-9)20-8-22(11)13(18,19)7-15/h1-5,8,10H,6-7H2. The molecule has 0 fully saturated rings. The molecule has 1 atom stereocenters. The smallest absolute Gasteiger partial charge is 0.209 e. The molecule has 1 heterocycles. The Bertz CT molecular complexity index is 572. The van der Waals surface area contributed by atoms with Gasteiger partial charge in [-0.2, -0.15) is 0 Å². The highest BCUT2D eigenvalue weighted by atomic mass is 35.5. The van der Waals surface area contributed by atoms with E-state index in [1.54, 1.807) is 0 Å². The third kappa shape index (κ3) is 3.95. The first-order valence-corrected chi connectivity index (χ1v) is 8.73. The van der Waals surface area contributed by atoms with Gasteiger partial charge in [-0.25, -0.2) is 9.98 Å². The molecule has 0 aliphatic carbocycles. The Morgan fingerprint density at radius 1 is 1.00 bits per heavy atom. The molecule has 0 saturated heterocycles. The predicted molar refractivity (Wildman–Crippen MR) is 97.3 cm³/mol. The van der Waals surface area contributed by atoms with Crippen molar-refractivity contribution in [1.82, 2.24) is 4.90 Å². The summed E-state index contributed by atoms with van der Waals surface area (Å²) in [5.74, 6) is -0.0173. The van der Waals surface area contributed by atoms with E-state index < -0.39 is 15.0 Å². The molecule has 0 saturated carbocycles. The van der Waals surface area contributed by atoms with Crippen LogP contribution in [0.25, 0.3) is 0 Å². The molecular weight excluding hydrogens is 411 g/mol. The average molecular weight is 422 g/mol. The van der Waals surface area contributed by atoms with E-state index in [-0.39, 0.29) is 17.6 Å². The van der Waals surface area contributed by atoms with Gasteiger partial charge in [-0.15, -0.1) is 23.2 Å². The second-order valence-corrected chi connectivity index (χ2v) is 7.97. The van der Waals surface area contributed by atoms with Crippen LogP contribution in [0.2, 0.25) is 0 Å². The minimum Gasteiger partial charge on any atom is -0.284 e. The van der Waals surface area contributed by atoms with Crippen molar-refractivity contribution in [2.45, 2.75) is 15.0 Å². The predicted octanol–water partition coefficient (Wildman–Crippen LogP) is 5.21.